The van der Waals surface area contributed by atoms with E-state index in [0.717, 1.165) is 0 Å². The zero-order valence-electron chi connectivity index (χ0n) is 22.0. The van der Waals surface area contributed by atoms with Crippen molar-refractivity contribution in [2.45, 2.75) is 59.4 Å². The van der Waals surface area contributed by atoms with Crippen LogP contribution < -0.4 is 10.4 Å². The fourth-order valence-corrected chi connectivity index (χ4v) is 11.8. The summed E-state index contributed by atoms with van der Waals surface area (Å²) in [6.07, 6.45) is 5.09. The molecule has 3 heteroatoms. The molecule has 0 heterocycles. The van der Waals surface area contributed by atoms with Crippen molar-refractivity contribution < 1.29 is 9.53 Å². The number of rotatable bonds is 6. The second-order valence-corrected chi connectivity index (χ2v) is 16.3. The summed E-state index contributed by atoms with van der Waals surface area (Å²) in [6, 6.07) is 21.9. The Bertz CT molecular complexity index is 922. The molecule has 1 saturated carbocycles. The quantitative estimate of drug-likeness (QED) is 0.406. The van der Waals surface area contributed by atoms with E-state index in [2.05, 4.69) is 108 Å². The van der Waals surface area contributed by atoms with Crippen molar-refractivity contribution in [3.05, 3.63) is 72.3 Å². The molecule has 184 valence electrons. The monoisotopic (exact) mass is 476 g/mol. The van der Waals surface area contributed by atoms with Crippen LogP contribution in [0.4, 0.5) is 0 Å². The number of fused-ring (bicyclic) bond motifs is 1. The molecule has 2 aliphatic carbocycles. The zero-order chi connectivity index (χ0) is 24.5. The van der Waals surface area contributed by atoms with Gasteiger partial charge in [-0.15, -0.1) is 0 Å². The van der Waals surface area contributed by atoms with Crippen LogP contribution in [-0.4, -0.2) is 26.6 Å². The van der Waals surface area contributed by atoms with E-state index in [1.165, 1.54) is 28.8 Å². The Morgan fingerprint density at radius 1 is 0.882 bits per heavy atom. The van der Waals surface area contributed by atoms with Crippen LogP contribution in [0.1, 0.15) is 54.4 Å². The normalized spacial score (nSPS) is 29.9. The summed E-state index contributed by atoms with van der Waals surface area (Å²) in [4.78, 5) is 0. The molecule has 0 amide bonds. The van der Waals surface area contributed by atoms with E-state index in [-0.39, 0.29) is 17.6 Å². The molecule has 2 aromatic carbocycles. The van der Waals surface area contributed by atoms with E-state index < -0.39 is 8.32 Å². The predicted molar refractivity (Wildman–Crippen MR) is 146 cm³/mol. The highest BCUT2D eigenvalue weighted by molar-refractivity contribution is 6.99. The van der Waals surface area contributed by atoms with Gasteiger partial charge in [0.2, 0.25) is 0 Å². The second-order valence-electron chi connectivity index (χ2n) is 12.0. The van der Waals surface area contributed by atoms with Crippen LogP contribution in [0.15, 0.2) is 72.3 Å². The van der Waals surface area contributed by atoms with Crippen LogP contribution in [0.2, 0.25) is 5.04 Å². The molecule has 2 nitrogen and oxygen atoms in total. The number of allylic oxidation sites excluding steroid dienone is 1. The van der Waals surface area contributed by atoms with Gasteiger partial charge in [0.05, 0.1) is 0 Å². The van der Waals surface area contributed by atoms with Crippen LogP contribution in [0.5, 0.6) is 0 Å². The first kappa shape index (κ1) is 25.4. The van der Waals surface area contributed by atoms with Gasteiger partial charge in [-0.25, -0.2) is 0 Å². The molecule has 2 aliphatic rings. The van der Waals surface area contributed by atoms with E-state index in [0.29, 0.717) is 36.2 Å². The SMILES string of the molecule is CC1=C[C@@H]2[C@H]([C@H](CO[Si](c3ccccc3)(c3ccccc3)C(C)(C)C)[C@@H]1CO)[C@@H](C)CC[C@@H]2C. The smallest absolute Gasteiger partial charge is 0.261 e. The molecular weight excluding hydrogens is 432 g/mol. The topological polar surface area (TPSA) is 29.5 Å². The van der Waals surface area contributed by atoms with Gasteiger partial charge in [0.15, 0.2) is 0 Å². The van der Waals surface area contributed by atoms with Crippen molar-refractivity contribution in [1.29, 1.82) is 0 Å². The van der Waals surface area contributed by atoms with E-state index in [1.54, 1.807) is 0 Å². The highest BCUT2D eigenvalue weighted by Crippen LogP contribution is 2.51. The standard InChI is InChI=1S/C31H44O2Si/c1-22-17-18-23(2)30-27(22)19-24(3)28(20-32)29(30)21-33-34(31(4,5)6,25-13-9-7-10-14-25)26-15-11-8-12-16-26/h7-16,19,22-23,27-30,32H,17-18,20-21H2,1-6H3/t22-,23-,27-,28+,29+,30+/m0/s1. The molecule has 0 radical (unpaired) electrons. The second kappa shape index (κ2) is 10.1. The molecule has 0 bridgehead atoms. The minimum absolute atomic E-state index is 0.0329. The van der Waals surface area contributed by atoms with Crippen LogP contribution in [0.3, 0.4) is 0 Å². The molecule has 4 rings (SSSR count). The van der Waals surface area contributed by atoms with Gasteiger partial charge in [0, 0.05) is 19.1 Å². The molecule has 6 atom stereocenters. The van der Waals surface area contributed by atoms with Crippen LogP contribution >= 0.6 is 0 Å². The summed E-state index contributed by atoms with van der Waals surface area (Å²) >= 11 is 0. The van der Waals surface area contributed by atoms with Crippen molar-refractivity contribution in [2.75, 3.05) is 13.2 Å². The lowest BCUT2D eigenvalue weighted by Gasteiger charge is -2.51. The molecule has 1 fully saturated rings. The van der Waals surface area contributed by atoms with E-state index in [4.69, 9.17) is 4.43 Å². The Hall–Kier alpha value is -1.68. The summed E-state index contributed by atoms with van der Waals surface area (Å²) in [6.45, 7) is 15.1. The number of aliphatic hydroxyl groups excluding tert-OH is 1. The molecular formula is C31H44O2Si. The highest BCUT2D eigenvalue weighted by atomic mass is 28.4. The van der Waals surface area contributed by atoms with Gasteiger partial charge in [-0.1, -0.05) is 113 Å². The Morgan fingerprint density at radius 3 is 1.91 bits per heavy atom. The van der Waals surface area contributed by atoms with Crippen molar-refractivity contribution in [3.8, 4) is 0 Å². The van der Waals surface area contributed by atoms with Crippen LogP contribution in [-0.2, 0) is 4.43 Å². The van der Waals surface area contributed by atoms with Crippen molar-refractivity contribution in [1.82, 2.24) is 0 Å². The minimum atomic E-state index is -2.59. The molecule has 34 heavy (non-hydrogen) atoms. The lowest BCUT2D eigenvalue weighted by Crippen LogP contribution is -2.67. The minimum Gasteiger partial charge on any atom is -0.407 e. The highest BCUT2D eigenvalue weighted by Gasteiger charge is 2.52. The third-order valence-corrected chi connectivity index (χ3v) is 14.0. The number of hydrogen-bond donors (Lipinski definition) is 1. The molecule has 0 saturated heterocycles. The summed E-state index contributed by atoms with van der Waals surface area (Å²) in [5.41, 5.74) is 1.36. The Morgan fingerprint density at radius 2 is 1.41 bits per heavy atom. The fourth-order valence-electron chi connectivity index (χ4n) is 7.17. The van der Waals surface area contributed by atoms with Crippen LogP contribution in [0.25, 0.3) is 0 Å². The van der Waals surface area contributed by atoms with Gasteiger partial charge in [0.25, 0.3) is 8.32 Å². The largest absolute Gasteiger partial charge is 0.407 e. The van der Waals surface area contributed by atoms with Gasteiger partial charge in [-0.2, -0.15) is 0 Å². The third-order valence-electron chi connectivity index (χ3n) is 8.99. The first-order valence-electron chi connectivity index (χ1n) is 13.2. The molecule has 2 aromatic rings. The van der Waals surface area contributed by atoms with E-state index >= 15 is 0 Å². The Balaban J connectivity index is 1.79. The van der Waals surface area contributed by atoms with Crippen molar-refractivity contribution >= 4 is 18.7 Å². The van der Waals surface area contributed by atoms with Crippen molar-refractivity contribution in [2.24, 2.45) is 35.5 Å². The number of hydrogen-bond acceptors (Lipinski definition) is 2. The van der Waals surface area contributed by atoms with Gasteiger partial charge < -0.3 is 9.53 Å². The maximum Gasteiger partial charge on any atom is 0.261 e. The summed E-state index contributed by atoms with van der Waals surface area (Å²) in [7, 11) is -2.59. The lowest BCUT2D eigenvalue weighted by molar-refractivity contribution is 0.00718. The first-order valence-corrected chi connectivity index (χ1v) is 15.2. The van der Waals surface area contributed by atoms with Crippen LogP contribution in [0, 0.1) is 35.5 Å². The van der Waals surface area contributed by atoms with Gasteiger partial charge in [-0.05, 0) is 58.3 Å². The third kappa shape index (κ3) is 4.47. The lowest BCUT2D eigenvalue weighted by atomic mass is 9.57. The zero-order valence-corrected chi connectivity index (χ0v) is 23.0. The maximum absolute atomic E-state index is 10.5. The van der Waals surface area contributed by atoms with Gasteiger partial charge in [0.1, 0.15) is 0 Å². The fraction of sp³-hybridized carbons (Fsp3) is 0.548. The average Bonchev–Trinajstić information content (AvgIpc) is 2.82. The van der Waals surface area contributed by atoms with Crippen molar-refractivity contribution in [3.63, 3.8) is 0 Å². The maximum atomic E-state index is 10.5. The average molecular weight is 477 g/mol. The molecule has 0 aromatic heterocycles. The summed E-state index contributed by atoms with van der Waals surface area (Å²) in [5.74, 6) is 3.06. The molecule has 0 unspecified atom stereocenters. The van der Waals surface area contributed by atoms with E-state index in [1.807, 2.05) is 0 Å². The summed E-state index contributed by atoms with van der Waals surface area (Å²) < 4.78 is 7.42. The first-order chi connectivity index (χ1) is 16.2. The summed E-state index contributed by atoms with van der Waals surface area (Å²) in [5, 5.41) is 13.1. The van der Waals surface area contributed by atoms with E-state index in [9.17, 15) is 5.11 Å². The van der Waals surface area contributed by atoms with Gasteiger partial charge >= 0.3 is 0 Å². The Labute approximate surface area is 208 Å². The predicted octanol–water partition coefficient (Wildman–Crippen LogP) is 6.05. The number of aliphatic hydroxyl groups is 1. The Kier molecular flexibility index (Phi) is 7.57. The molecule has 0 aliphatic heterocycles. The number of benzene rings is 2. The molecule has 0 spiro atoms. The molecule has 1 N–H and O–H groups in total. The van der Waals surface area contributed by atoms with Gasteiger partial charge in [-0.3, -0.25) is 0 Å².